The van der Waals surface area contributed by atoms with Crippen LogP contribution in [-0.4, -0.2) is 30.5 Å². The molecule has 0 bridgehead atoms. The van der Waals surface area contributed by atoms with Gasteiger partial charge in [0.2, 0.25) is 5.91 Å². The first-order chi connectivity index (χ1) is 9.13. The third-order valence-corrected chi connectivity index (χ3v) is 3.80. The molecule has 1 aromatic heterocycles. The van der Waals surface area contributed by atoms with Gasteiger partial charge in [0, 0.05) is 22.9 Å². The minimum absolute atomic E-state index is 0.0232. The van der Waals surface area contributed by atoms with Gasteiger partial charge >= 0.3 is 0 Å². The van der Waals surface area contributed by atoms with Crippen LogP contribution in [0.3, 0.4) is 0 Å². The number of carbonyl (C=O) groups excluding carboxylic acids is 1. The van der Waals surface area contributed by atoms with Crippen LogP contribution in [0.25, 0.3) is 10.9 Å². The quantitative estimate of drug-likeness (QED) is 0.868. The number of carbonyl (C=O) groups is 1. The highest BCUT2D eigenvalue weighted by Gasteiger charge is 2.18. The normalized spacial score (nSPS) is 15.7. The maximum atomic E-state index is 11.4. The van der Waals surface area contributed by atoms with E-state index >= 15 is 0 Å². The van der Waals surface area contributed by atoms with Gasteiger partial charge in [0.25, 0.3) is 0 Å². The molecular formula is C13H11BrClN3O. The number of nitrogens with zero attached hydrogens (tertiary/aromatic N) is 2. The molecule has 19 heavy (non-hydrogen) atoms. The predicted octanol–water partition coefficient (Wildman–Crippen LogP) is 2.59. The van der Waals surface area contributed by atoms with Gasteiger partial charge in [-0.25, -0.2) is 4.98 Å². The van der Waals surface area contributed by atoms with Crippen molar-refractivity contribution in [2.45, 2.75) is 0 Å². The molecule has 0 saturated carbocycles. The highest BCUT2D eigenvalue weighted by atomic mass is 79.9. The Morgan fingerprint density at radius 1 is 1.37 bits per heavy atom. The first-order valence-corrected chi connectivity index (χ1v) is 7.08. The molecule has 1 aliphatic heterocycles. The van der Waals surface area contributed by atoms with Crippen LogP contribution in [0.2, 0.25) is 5.02 Å². The largest absolute Gasteiger partial charge is 0.353 e. The van der Waals surface area contributed by atoms with Gasteiger partial charge in [0.1, 0.15) is 5.82 Å². The lowest BCUT2D eigenvalue weighted by Gasteiger charge is -2.27. The van der Waals surface area contributed by atoms with Crippen LogP contribution in [0, 0.1) is 0 Å². The van der Waals surface area contributed by atoms with Crippen molar-refractivity contribution in [1.82, 2.24) is 10.3 Å². The van der Waals surface area contributed by atoms with Gasteiger partial charge in [-0.3, -0.25) is 4.79 Å². The number of piperazine rings is 1. The van der Waals surface area contributed by atoms with Crippen LogP contribution in [0.4, 0.5) is 5.82 Å². The average molecular weight is 341 g/mol. The Labute approximate surface area is 123 Å². The van der Waals surface area contributed by atoms with Crippen LogP contribution in [0.15, 0.2) is 28.7 Å². The number of fused-ring (bicyclic) bond motifs is 1. The average Bonchev–Trinajstić information content (AvgIpc) is 2.38. The zero-order valence-corrected chi connectivity index (χ0v) is 12.3. The lowest BCUT2D eigenvalue weighted by molar-refractivity contribution is -0.120. The van der Waals surface area contributed by atoms with Gasteiger partial charge in [-0.15, -0.1) is 0 Å². The Bertz CT molecular complexity index is 662. The molecule has 1 aromatic carbocycles. The van der Waals surface area contributed by atoms with E-state index < -0.39 is 0 Å². The summed E-state index contributed by atoms with van der Waals surface area (Å²) in [5.41, 5.74) is 0.758. The third-order valence-electron chi connectivity index (χ3n) is 3.06. The third kappa shape index (κ3) is 2.53. The van der Waals surface area contributed by atoms with Gasteiger partial charge in [0.15, 0.2) is 0 Å². The number of aromatic nitrogens is 1. The highest BCUT2D eigenvalue weighted by Crippen LogP contribution is 2.28. The standard InChI is InChI=1S/C13H11BrClN3O/c14-9-5-8-1-2-11(17-13(8)10(15)6-9)18-4-3-16-12(19)7-18/h1-2,5-6H,3-4,7H2,(H,16,19). The van der Waals surface area contributed by atoms with Gasteiger partial charge in [0.05, 0.1) is 17.1 Å². The van der Waals surface area contributed by atoms with Crippen molar-refractivity contribution in [2.24, 2.45) is 0 Å². The first kappa shape index (κ1) is 12.7. The fourth-order valence-corrected chi connectivity index (χ4v) is 3.03. The van der Waals surface area contributed by atoms with Gasteiger partial charge in [-0.1, -0.05) is 27.5 Å². The van der Waals surface area contributed by atoms with Crippen LogP contribution >= 0.6 is 27.5 Å². The number of rotatable bonds is 1. The fraction of sp³-hybridized carbons (Fsp3) is 0.231. The van der Waals surface area contributed by atoms with Gasteiger partial charge < -0.3 is 10.2 Å². The monoisotopic (exact) mass is 339 g/mol. The SMILES string of the molecule is O=C1CN(c2ccc3cc(Br)cc(Cl)c3n2)CCN1. The van der Waals surface area contributed by atoms with Crippen molar-refractivity contribution in [1.29, 1.82) is 0 Å². The van der Waals surface area contributed by atoms with E-state index in [1.54, 1.807) is 0 Å². The highest BCUT2D eigenvalue weighted by molar-refractivity contribution is 9.10. The van der Waals surface area contributed by atoms with Crippen molar-refractivity contribution in [2.75, 3.05) is 24.5 Å². The summed E-state index contributed by atoms with van der Waals surface area (Å²) in [4.78, 5) is 17.9. The van der Waals surface area contributed by atoms with E-state index in [2.05, 4.69) is 26.2 Å². The van der Waals surface area contributed by atoms with E-state index in [1.807, 2.05) is 29.2 Å². The van der Waals surface area contributed by atoms with Gasteiger partial charge in [-0.2, -0.15) is 0 Å². The number of benzene rings is 1. The predicted molar refractivity (Wildman–Crippen MR) is 79.7 cm³/mol. The zero-order chi connectivity index (χ0) is 13.4. The molecule has 1 amide bonds. The van der Waals surface area contributed by atoms with Crippen molar-refractivity contribution in [3.05, 3.63) is 33.8 Å². The molecule has 0 unspecified atom stereocenters. The number of hydrogen-bond acceptors (Lipinski definition) is 3. The molecule has 3 rings (SSSR count). The lowest BCUT2D eigenvalue weighted by Crippen LogP contribution is -2.48. The molecule has 2 heterocycles. The lowest BCUT2D eigenvalue weighted by atomic mass is 10.2. The van der Waals surface area contributed by atoms with Crippen LogP contribution in [0.5, 0.6) is 0 Å². The summed E-state index contributed by atoms with van der Waals surface area (Å²) in [5.74, 6) is 0.807. The van der Waals surface area contributed by atoms with E-state index in [-0.39, 0.29) is 5.91 Å². The molecule has 0 spiro atoms. The van der Waals surface area contributed by atoms with Crippen LogP contribution < -0.4 is 10.2 Å². The second-order valence-electron chi connectivity index (χ2n) is 4.40. The zero-order valence-electron chi connectivity index (χ0n) is 9.99. The van der Waals surface area contributed by atoms with Crippen LogP contribution in [0.1, 0.15) is 0 Å². The summed E-state index contributed by atoms with van der Waals surface area (Å²) in [6.07, 6.45) is 0. The topological polar surface area (TPSA) is 45.2 Å². The Hall–Kier alpha value is -1.33. The summed E-state index contributed by atoms with van der Waals surface area (Å²) in [6, 6.07) is 7.69. The molecule has 0 radical (unpaired) electrons. The molecule has 1 saturated heterocycles. The van der Waals surface area contributed by atoms with Crippen molar-refractivity contribution in [3.63, 3.8) is 0 Å². The number of hydrogen-bond donors (Lipinski definition) is 1. The van der Waals surface area contributed by atoms with Gasteiger partial charge in [-0.05, 0) is 24.3 Å². The molecule has 4 nitrogen and oxygen atoms in total. The van der Waals surface area contributed by atoms with Crippen molar-refractivity contribution in [3.8, 4) is 0 Å². The number of anilines is 1. The maximum Gasteiger partial charge on any atom is 0.239 e. The van der Waals surface area contributed by atoms with E-state index in [0.717, 1.165) is 27.7 Å². The molecule has 1 aliphatic rings. The summed E-state index contributed by atoms with van der Waals surface area (Å²) >= 11 is 9.62. The summed E-state index contributed by atoms with van der Waals surface area (Å²) in [7, 11) is 0. The second-order valence-corrected chi connectivity index (χ2v) is 5.72. The molecule has 0 aliphatic carbocycles. The molecular weight excluding hydrogens is 330 g/mol. The molecule has 1 N–H and O–H groups in total. The molecule has 0 atom stereocenters. The number of pyridine rings is 1. The number of halogens is 2. The number of nitrogens with one attached hydrogen (secondary N) is 1. The van der Waals surface area contributed by atoms with E-state index in [1.165, 1.54) is 0 Å². The molecule has 2 aromatic rings. The van der Waals surface area contributed by atoms with E-state index in [4.69, 9.17) is 11.6 Å². The minimum Gasteiger partial charge on any atom is -0.353 e. The van der Waals surface area contributed by atoms with Crippen molar-refractivity contribution < 1.29 is 4.79 Å². The molecule has 98 valence electrons. The summed E-state index contributed by atoms with van der Waals surface area (Å²) < 4.78 is 0.928. The van der Waals surface area contributed by atoms with Crippen molar-refractivity contribution >= 4 is 50.2 Å². The Morgan fingerprint density at radius 2 is 2.21 bits per heavy atom. The minimum atomic E-state index is 0.0232. The Balaban J connectivity index is 2.03. The van der Waals surface area contributed by atoms with Crippen LogP contribution in [-0.2, 0) is 4.79 Å². The maximum absolute atomic E-state index is 11.4. The Kier molecular flexibility index (Phi) is 3.33. The van der Waals surface area contributed by atoms with E-state index in [9.17, 15) is 4.79 Å². The van der Waals surface area contributed by atoms with E-state index in [0.29, 0.717) is 18.1 Å². The second kappa shape index (κ2) is 4.98. The Morgan fingerprint density at radius 3 is 3.00 bits per heavy atom. The fourth-order valence-electron chi connectivity index (χ4n) is 2.16. The first-order valence-electron chi connectivity index (χ1n) is 5.91. The molecule has 1 fully saturated rings. The number of amides is 1. The molecule has 6 heteroatoms. The summed E-state index contributed by atoms with van der Waals surface area (Å²) in [6.45, 7) is 1.75. The smallest absolute Gasteiger partial charge is 0.239 e. The summed E-state index contributed by atoms with van der Waals surface area (Å²) in [5, 5.41) is 4.38.